The zero-order valence-electron chi connectivity index (χ0n) is 10.2. The molecule has 3 heteroatoms. The minimum Gasteiger partial charge on any atom is -0.316 e. The van der Waals surface area contributed by atoms with Crippen LogP contribution in [0.15, 0.2) is 24.4 Å². The van der Waals surface area contributed by atoms with Gasteiger partial charge in [0.1, 0.15) is 0 Å². The Balaban J connectivity index is 1.91. The van der Waals surface area contributed by atoms with Gasteiger partial charge in [0.25, 0.3) is 0 Å². The molecule has 88 valence electrons. The van der Waals surface area contributed by atoms with E-state index in [9.17, 15) is 0 Å². The van der Waals surface area contributed by atoms with E-state index < -0.39 is 0 Å². The van der Waals surface area contributed by atoms with Crippen LogP contribution in [0.2, 0.25) is 0 Å². The van der Waals surface area contributed by atoms with Crippen LogP contribution < -0.4 is 5.32 Å². The summed E-state index contributed by atoms with van der Waals surface area (Å²) in [6.45, 7) is 5.73. The molecule has 0 unspecified atom stereocenters. The van der Waals surface area contributed by atoms with Crippen molar-refractivity contribution in [3.63, 3.8) is 0 Å². The first-order chi connectivity index (χ1) is 7.77. The summed E-state index contributed by atoms with van der Waals surface area (Å²) in [5.41, 5.74) is 1.16. The predicted octanol–water partition coefficient (Wildman–Crippen LogP) is 1.68. The lowest BCUT2D eigenvalue weighted by molar-refractivity contribution is 0.223. The largest absolute Gasteiger partial charge is 0.316 e. The Morgan fingerprint density at radius 3 is 3.06 bits per heavy atom. The molecule has 0 aromatic carbocycles. The summed E-state index contributed by atoms with van der Waals surface area (Å²) in [7, 11) is 2.19. The maximum atomic E-state index is 4.42. The normalized spacial score (nSPS) is 22.6. The zero-order chi connectivity index (χ0) is 11.4. The standard InChI is InChI=1S/C13H21N3/c1-11(13-5-3-4-7-15-13)16(2)10-12-6-8-14-9-12/h3-5,7,11-12,14H,6,8-10H2,1-2H3/t11-,12+/m1/s1. The van der Waals surface area contributed by atoms with Gasteiger partial charge in [0.05, 0.1) is 5.69 Å². The molecule has 1 aliphatic heterocycles. The molecule has 1 aliphatic rings. The van der Waals surface area contributed by atoms with Crippen molar-refractivity contribution in [2.24, 2.45) is 5.92 Å². The molecule has 0 radical (unpaired) electrons. The summed E-state index contributed by atoms with van der Waals surface area (Å²) in [4.78, 5) is 6.82. The molecule has 0 spiro atoms. The molecule has 2 heterocycles. The SMILES string of the molecule is C[C@H](c1ccccn1)N(C)C[C@H]1CCNC1. The van der Waals surface area contributed by atoms with E-state index in [2.05, 4.69) is 41.3 Å². The van der Waals surface area contributed by atoms with Gasteiger partial charge in [-0.15, -0.1) is 0 Å². The number of hydrogen-bond acceptors (Lipinski definition) is 3. The first-order valence-corrected chi connectivity index (χ1v) is 6.09. The number of hydrogen-bond donors (Lipinski definition) is 1. The average Bonchev–Trinajstić information content (AvgIpc) is 2.82. The average molecular weight is 219 g/mol. The minimum absolute atomic E-state index is 0.404. The molecule has 1 saturated heterocycles. The highest BCUT2D eigenvalue weighted by molar-refractivity contribution is 5.07. The van der Waals surface area contributed by atoms with Crippen molar-refractivity contribution in [3.05, 3.63) is 30.1 Å². The van der Waals surface area contributed by atoms with Crippen molar-refractivity contribution in [3.8, 4) is 0 Å². The Morgan fingerprint density at radius 1 is 1.56 bits per heavy atom. The number of nitrogens with one attached hydrogen (secondary N) is 1. The van der Waals surface area contributed by atoms with Gasteiger partial charge >= 0.3 is 0 Å². The van der Waals surface area contributed by atoms with Gasteiger partial charge in [-0.1, -0.05) is 6.07 Å². The lowest BCUT2D eigenvalue weighted by atomic mass is 10.1. The van der Waals surface area contributed by atoms with E-state index in [4.69, 9.17) is 0 Å². The van der Waals surface area contributed by atoms with Gasteiger partial charge < -0.3 is 5.32 Å². The molecule has 3 nitrogen and oxygen atoms in total. The fourth-order valence-electron chi connectivity index (χ4n) is 2.28. The summed E-state index contributed by atoms with van der Waals surface area (Å²) in [5, 5.41) is 3.41. The summed E-state index contributed by atoms with van der Waals surface area (Å²) in [5.74, 6) is 0.802. The van der Waals surface area contributed by atoms with Gasteiger partial charge in [-0.25, -0.2) is 0 Å². The highest BCUT2D eigenvalue weighted by Crippen LogP contribution is 2.19. The Bertz CT molecular complexity index is 306. The highest BCUT2D eigenvalue weighted by Gasteiger charge is 2.20. The first-order valence-electron chi connectivity index (χ1n) is 6.09. The van der Waals surface area contributed by atoms with E-state index in [-0.39, 0.29) is 0 Å². The van der Waals surface area contributed by atoms with E-state index in [1.807, 2.05) is 12.3 Å². The van der Waals surface area contributed by atoms with Crippen LogP contribution in [0, 0.1) is 5.92 Å². The Hall–Kier alpha value is -0.930. The molecule has 1 aromatic heterocycles. The van der Waals surface area contributed by atoms with Crippen molar-refractivity contribution in [2.75, 3.05) is 26.7 Å². The van der Waals surface area contributed by atoms with Crippen molar-refractivity contribution in [1.29, 1.82) is 0 Å². The first kappa shape index (κ1) is 11.6. The van der Waals surface area contributed by atoms with Crippen molar-refractivity contribution < 1.29 is 0 Å². The molecule has 16 heavy (non-hydrogen) atoms. The lowest BCUT2D eigenvalue weighted by Gasteiger charge is -2.26. The molecule has 1 fully saturated rings. The molecule has 0 amide bonds. The second-order valence-corrected chi connectivity index (χ2v) is 4.73. The molecule has 0 aliphatic carbocycles. The second kappa shape index (κ2) is 5.41. The third kappa shape index (κ3) is 2.80. The van der Waals surface area contributed by atoms with Gasteiger partial charge in [-0.2, -0.15) is 0 Å². The van der Waals surface area contributed by atoms with E-state index in [1.54, 1.807) is 0 Å². The van der Waals surface area contributed by atoms with E-state index >= 15 is 0 Å². The summed E-state index contributed by atoms with van der Waals surface area (Å²) in [6.07, 6.45) is 3.18. The second-order valence-electron chi connectivity index (χ2n) is 4.73. The molecule has 2 rings (SSSR count). The van der Waals surface area contributed by atoms with Crippen LogP contribution in [0.4, 0.5) is 0 Å². The third-order valence-corrected chi connectivity index (χ3v) is 3.49. The van der Waals surface area contributed by atoms with Gasteiger partial charge in [-0.3, -0.25) is 9.88 Å². The van der Waals surface area contributed by atoms with Crippen LogP contribution in [-0.2, 0) is 0 Å². The quantitative estimate of drug-likeness (QED) is 0.835. The Kier molecular flexibility index (Phi) is 3.91. The van der Waals surface area contributed by atoms with Crippen LogP contribution in [0.5, 0.6) is 0 Å². The Morgan fingerprint density at radius 2 is 2.44 bits per heavy atom. The summed E-state index contributed by atoms with van der Waals surface area (Å²) >= 11 is 0. The number of nitrogens with zero attached hydrogens (tertiary/aromatic N) is 2. The topological polar surface area (TPSA) is 28.2 Å². The molecule has 0 saturated carbocycles. The summed E-state index contributed by atoms with van der Waals surface area (Å²) < 4.78 is 0. The van der Waals surface area contributed by atoms with Crippen molar-refractivity contribution in [1.82, 2.24) is 15.2 Å². The van der Waals surface area contributed by atoms with Crippen LogP contribution >= 0.6 is 0 Å². The summed E-state index contributed by atoms with van der Waals surface area (Å²) in [6, 6.07) is 6.54. The Labute approximate surface area is 97.9 Å². The molecule has 0 bridgehead atoms. The van der Waals surface area contributed by atoms with Gasteiger partial charge in [-0.05, 0) is 51.5 Å². The third-order valence-electron chi connectivity index (χ3n) is 3.49. The maximum Gasteiger partial charge on any atom is 0.0572 e. The van der Waals surface area contributed by atoms with E-state index in [0.717, 1.165) is 18.2 Å². The van der Waals surface area contributed by atoms with Crippen LogP contribution in [0.25, 0.3) is 0 Å². The van der Waals surface area contributed by atoms with Gasteiger partial charge in [0.15, 0.2) is 0 Å². The zero-order valence-corrected chi connectivity index (χ0v) is 10.2. The molecule has 2 atom stereocenters. The fraction of sp³-hybridized carbons (Fsp3) is 0.615. The van der Waals surface area contributed by atoms with Crippen LogP contribution in [0.1, 0.15) is 25.1 Å². The van der Waals surface area contributed by atoms with Crippen molar-refractivity contribution in [2.45, 2.75) is 19.4 Å². The highest BCUT2D eigenvalue weighted by atomic mass is 15.1. The van der Waals surface area contributed by atoms with Crippen LogP contribution in [0.3, 0.4) is 0 Å². The van der Waals surface area contributed by atoms with E-state index in [0.29, 0.717) is 6.04 Å². The van der Waals surface area contributed by atoms with E-state index in [1.165, 1.54) is 19.5 Å². The molecular formula is C13H21N3. The lowest BCUT2D eigenvalue weighted by Crippen LogP contribution is -2.29. The monoisotopic (exact) mass is 219 g/mol. The molecule has 1 aromatic rings. The molecular weight excluding hydrogens is 198 g/mol. The predicted molar refractivity (Wildman–Crippen MR) is 66.3 cm³/mol. The van der Waals surface area contributed by atoms with Crippen molar-refractivity contribution >= 4 is 0 Å². The fourth-order valence-corrected chi connectivity index (χ4v) is 2.28. The van der Waals surface area contributed by atoms with Gasteiger partial charge in [0, 0.05) is 18.8 Å². The maximum absolute atomic E-state index is 4.42. The van der Waals surface area contributed by atoms with Gasteiger partial charge in [0.2, 0.25) is 0 Å². The minimum atomic E-state index is 0.404. The smallest absolute Gasteiger partial charge is 0.0572 e. The number of rotatable bonds is 4. The number of aromatic nitrogens is 1. The number of pyridine rings is 1. The van der Waals surface area contributed by atoms with Crippen LogP contribution in [-0.4, -0.2) is 36.6 Å². The molecule has 1 N–H and O–H groups in total.